The molecular weight excluding hydrogens is 204 g/mol. The van der Waals surface area contributed by atoms with Crippen molar-refractivity contribution in [1.29, 1.82) is 0 Å². The molecule has 1 aliphatic heterocycles. The van der Waals surface area contributed by atoms with Crippen LogP contribution < -0.4 is 9.47 Å². The Morgan fingerprint density at radius 1 is 1.25 bits per heavy atom. The van der Waals surface area contributed by atoms with Crippen molar-refractivity contribution in [1.82, 2.24) is 0 Å². The third-order valence-electron chi connectivity index (χ3n) is 2.57. The van der Waals surface area contributed by atoms with Gasteiger partial charge in [0.05, 0.1) is 6.10 Å². The summed E-state index contributed by atoms with van der Waals surface area (Å²) in [5.41, 5.74) is 1.00. The van der Waals surface area contributed by atoms with Gasteiger partial charge in [-0.3, -0.25) is 0 Å². The van der Waals surface area contributed by atoms with Crippen LogP contribution in [-0.4, -0.2) is 18.0 Å². The average Bonchev–Trinajstić information content (AvgIpc) is 2.72. The second kappa shape index (κ2) is 4.58. The zero-order valence-electron chi connectivity index (χ0n) is 9.51. The Morgan fingerprint density at radius 2 is 2.00 bits per heavy atom. The summed E-state index contributed by atoms with van der Waals surface area (Å²) in [5, 5.41) is 9.64. The van der Waals surface area contributed by atoms with Gasteiger partial charge < -0.3 is 14.6 Å². The molecule has 0 amide bonds. The zero-order chi connectivity index (χ0) is 11.5. The predicted molar refractivity (Wildman–Crippen MR) is 62.4 cm³/mol. The summed E-state index contributed by atoms with van der Waals surface area (Å²) in [5.74, 6) is 1.77. The number of aliphatic hydroxyl groups is 1. The summed E-state index contributed by atoms with van der Waals surface area (Å²) in [6.45, 7) is 4.25. The highest BCUT2D eigenvalue weighted by atomic mass is 16.7. The Hall–Kier alpha value is -1.48. The van der Waals surface area contributed by atoms with Crippen LogP contribution in [0.2, 0.25) is 0 Å². The van der Waals surface area contributed by atoms with E-state index in [0.717, 1.165) is 17.1 Å². The van der Waals surface area contributed by atoms with Crippen LogP contribution in [0.5, 0.6) is 11.5 Å². The van der Waals surface area contributed by atoms with E-state index >= 15 is 0 Å². The van der Waals surface area contributed by atoms with Crippen LogP contribution in [-0.2, 0) is 0 Å². The number of benzene rings is 1. The van der Waals surface area contributed by atoms with E-state index in [4.69, 9.17) is 9.47 Å². The van der Waals surface area contributed by atoms with E-state index < -0.39 is 6.10 Å². The monoisotopic (exact) mass is 220 g/mol. The number of fused-ring (bicyclic) bond motifs is 1. The summed E-state index contributed by atoms with van der Waals surface area (Å²) in [6, 6.07) is 5.73. The van der Waals surface area contributed by atoms with E-state index in [2.05, 4.69) is 0 Å². The molecule has 1 atom stereocenters. The van der Waals surface area contributed by atoms with Crippen molar-refractivity contribution in [2.45, 2.75) is 20.0 Å². The standard InChI is InChI=1S/C13H16O3/c1-9(2)11(14)5-3-10-4-6-12-13(7-10)16-8-15-12/h3-7,9,11,14H,8H2,1-2H3. The Bertz CT molecular complexity index is 396. The van der Waals surface area contributed by atoms with Gasteiger partial charge in [0.15, 0.2) is 11.5 Å². The van der Waals surface area contributed by atoms with Gasteiger partial charge in [0.1, 0.15) is 0 Å². The second-order valence-corrected chi connectivity index (χ2v) is 4.21. The molecule has 0 aliphatic carbocycles. The lowest BCUT2D eigenvalue weighted by atomic mass is 10.1. The quantitative estimate of drug-likeness (QED) is 0.850. The molecule has 0 fully saturated rings. The SMILES string of the molecule is CC(C)C(O)C=Cc1ccc2c(c1)OCO2. The lowest BCUT2D eigenvalue weighted by molar-refractivity contribution is 0.173. The van der Waals surface area contributed by atoms with E-state index in [1.807, 2.05) is 38.1 Å². The highest BCUT2D eigenvalue weighted by Gasteiger charge is 2.12. The van der Waals surface area contributed by atoms with Gasteiger partial charge in [-0.05, 0) is 23.6 Å². The van der Waals surface area contributed by atoms with E-state index in [0.29, 0.717) is 0 Å². The molecule has 0 saturated heterocycles. The number of hydrogen-bond acceptors (Lipinski definition) is 3. The van der Waals surface area contributed by atoms with E-state index in [1.165, 1.54) is 0 Å². The van der Waals surface area contributed by atoms with Crippen molar-refractivity contribution in [3.05, 3.63) is 29.8 Å². The van der Waals surface area contributed by atoms with Crippen LogP contribution in [0.1, 0.15) is 19.4 Å². The van der Waals surface area contributed by atoms with Gasteiger partial charge >= 0.3 is 0 Å². The molecule has 1 aromatic carbocycles. The van der Waals surface area contributed by atoms with Crippen molar-refractivity contribution in [2.75, 3.05) is 6.79 Å². The molecule has 0 saturated carbocycles. The fourth-order valence-corrected chi connectivity index (χ4v) is 1.45. The summed E-state index contributed by atoms with van der Waals surface area (Å²) in [7, 11) is 0. The van der Waals surface area contributed by atoms with Gasteiger partial charge in [-0.25, -0.2) is 0 Å². The molecule has 1 aromatic rings. The second-order valence-electron chi connectivity index (χ2n) is 4.21. The molecule has 1 heterocycles. The lowest BCUT2D eigenvalue weighted by Crippen LogP contribution is -2.10. The van der Waals surface area contributed by atoms with Crippen LogP contribution in [0.4, 0.5) is 0 Å². The third kappa shape index (κ3) is 2.36. The van der Waals surface area contributed by atoms with Crippen molar-refractivity contribution in [2.24, 2.45) is 5.92 Å². The molecule has 1 N–H and O–H groups in total. The highest BCUT2D eigenvalue weighted by Crippen LogP contribution is 2.32. The van der Waals surface area contributed by atoms with E-state index in [9.17, 15) is 5.11 Å². The van der Waals surface area contributed by atoms with Crippen LogP contribution in [0.15, 0.2) is 24.3 Å². The Kier molecular flexibility index (Phi) is 3.15. The minimum absolute atomic E-state index is 0.227. The molecule has 0 aromatic heterocycles. The van der Waals surface area contributed by atoms with Gasteiger partial charge in [0, 0.05) is 0 Å². The maximum absolute atomic E-state index is 9.64. The van der Waals surface area contributed by atoms with Gasteiger partial charge in [-0.15, -0.1) is 0 Å². The smallest absolute Gasteiger partial charge is 0.231 e. The molecule has 1 unspecified atom stereocenters. The molecule has 0 bridgehead atoms. The molecule has 1 aliphatic rings. The highest BCUT2D eigenvalue weighted by molar-refractivity contribution is 5.56. The minimum Gasteiger partial charge on any atom is -0.454 e. The molecule has 0 radical (unpaired) electrons. The first-order valence-corrected chi connectivity index (χ1v) is 5.43. The first-order chi connectivity index (χ1) is 7.66. The first-order valence-electron chi connectivity index (χ1n) is 5.43. The predicted octanol–water partition coefficient (Wildman–Crippen LogP) is 2.45. The summed E-state index contributed by atoms with van der Waals surface area (Å²) in [4.78, 5) is 0. The number of hydrogen-bond donors (Lipinski definition) is 1. The van der Waals surface area contributed by atoms with Crippen LogP contribution in [0, 0.1) is 5.92 Å². The third-order valence-corrected chi connectivity index (χ3v) is 2.57. The molecule has 3 heteroatoms. The first kappa shape index (κ1) is 11.0. The van der Waals surface area contributed by atoms with Crippen molar-refractivity contribution < 1.29 is 14.6 Å². The Labute approximate surface area is 95.3 Å². The fraction of sp³-hybridized carbons (Fsp3) is 0.385. The van der Waals surface area contributed by atoms with Gasteiger partial charge in [0.25, 0.3) is 0 Å². The minimum atomic E-state index is -0.412. The lowest BCUT2D eigenvalue weighted by Gasteiger charge is -2.08. The molecule has 3 nitrogen and oxygen atoms in total. The maximum Gasteiger partial charge on any atom is 0.231 e. The Morgan fingerprint density at radius 3 is 2.75 bits per heavy atom. The van der Waals surface area contributed by atoms with Crippen molar-refractivity contribution in [3.8, 4) is 11.5 Å². The van der Waals surface area contributed by atoms with Gasteiger partial charge in [-0.2, -0.15) is 0 Å². The van der Waals surface area contributed by atoms with Crippen LogP contribution in [0.25, 0.3) is 6.08 Å². The van der Waals surface area contributed by atoms with E-state index in [-0.39, 0.29) is 12.7 Å². The molecule has 16 heavy (non-hydrogen) atoms. The number of aliphatic hydroxyl groups excluding tert-OH is 1. The molecule has 2 rings (SSSR count). The number of ether oxygens (including phenoxy) is 2. The molecule has 86 valence electrons. The number of rotatable bonds is 3. The summed E-state index contributed by atoms with van der Waals surface area (Å²) >= 11 is 0. The van der Waals surface area contributed by atoms with Crippen LogP contribution in [0.3, 0.4) is 0 Å². The fourth-order valence-electron chi connectivity index (χ4n) is 1.45. The molecular formula is C13H16O3. The molecule has 0 spiro atoms. The summed E-state index contributed by atoms with van der Waals surface area (Å²) < 4.78 is 10.5. The van der Waals surface area contributed by atoms with Gasteiger partial charge in [-0.1, -0.05) is 32.1 Å². The summed E-state index contributed by atoms with van der Waals surface area (Å²) in [6.07, 6.45) is 3.28. The normalized spacial score (nSPS) is 16.0. The van der Waals surface area contributed by atoms with Crippen molar-refractivity contribution in [3.63, 3.8) is 0 Å². The zero-order valence-corrected chi connectivity index (χ0v) is 9.51. The largest absolute Gasteiger partial charge is 0.454 e. The van der Waals surface area contributed by atoms with Crippen molar-refractivity contribution >= 4 is 6.08 Å². The van der Waals surface area contributed by atoms with Gasteiger partial charge in [0.2, 0.25) is 6.79 Å². The van der Waals surface area contributed by atoms with Crippen LogP contribution >= 0.6 is 0 Å². The average molecular weight is 220 g/mol. The maximum atomic E-state index is 9.64. The Balaban J connectivity index is 2.11. The van der Waals surface area contributed by atoms with E-state index in [1.54, 1.807) is 6.08 Å². The topological polar surface area (TPSA) is 38.7 Å².